The summed E-state index contributed by atoms with van der Waals surface area (Å²) in [5.41, 5.74) is 4.02. The molecule has 1 N–H and O–H groups in total. The Kier molecular flexibility index (Phi) is 3.68. The van der Waals surface area contributed by atoms with Crippen LogP contribution in [0.15, 0.2) is 47.2 Å². The maximum atomic E-state index is 12.3. The van der Waals surface area contributed by atoms with Crippen molar-refractivity contribution in [2.24, 2.45) is 0 Å². The Morgan fingerprint density at radius 2 is 1.87 bits per heavy atom. The van der Waals surface area contributed by atoms with Gasteiger partial charge in [-0.15, -0.1) is 0 Å². The fourth-order valence-corrected chi connectivity index (χ4v) is 2.47. The first-order valence-electron chi connectivity index (χ1n) is 7.60. The second-order valence-electron chi connectivity index (χ2n) is 6.80. The smallest absolute Gasteiger partial charge is 0.255 e. The van der Waals surface area contributed by atoms with Crippen molar-refractivity contribution < 1.29 is 9.21 Å². The van der Waals surface area contributed by atoms with Crippen molar-refractivity contribution in [3.05, 3.63) is 59.5 Å². The van der Waals surface area contributed by atoms with Crippen molar-refractivity contribution in [1.29, 1.82) is 0 Å². The highest BCUT2D eigenvalue weighted by Gasteiger charge is 2.20. The zero-order valence-corrected chi connectivity index (χ0v) is 13.8. The normalized spacial score (nSPS) is 11.7. The van der Waals surface area contributed by atoms with Crippen LogP contribution in [0, 0.1) is 6.92 Å². The zero-order valence-electron chi connectivity index (χ0n) is 13.8. The second-order valence-corrected chi connectivity index (χ2v) is 6.80. The van der Waals surface area contributed by atoms with Crippen molar-refractivity contribution in [2.45, 2.75) is 33.1 Å². The molecule has 0 bridgehead atoms. The standard InChI is InChI=1S/C19H20N2O2/c1-12-5-7-13(8-6-12)17(22)21-14-9-15-16(19(2,3)4)11-23-18(15)20-10-14/h5-11H,1-4H3,(H,21,22). The molecule has 0 radical (unpaired) electrons. The molecule has 2 aromatic heterocycles. The molecule has 0 fully saturated rings. The van der Waals surface area contributed by atoms with Crippen LogP contribution in [0.4, 0.5) is 5.69 Å². The SMILES string of the molecule is Cc1ccc(C(=O)Nc2cnc3occ(C(C)(C)C)c3c2)cc1. The highest BCUT2D eigenvalue weighted by molar-refractivity contribution is 6.04. The van der Waals surface area contributed by atoms with E-state index in [0.717, 1.165) is 16.5 Å². The van der Waals surface area contributed by atoms with E-state index in [1.807, 2.05) is 37.3 Å². The minimum Gasteiger partial charge on any atom is -0.446 e. The van der Waals surface area contributed by atoms with Gasteiger partial charge in [0.1, 0.15) is 0 Å². The van der Waals surface area contributed by atoms with Crippen molar-refractivity contribution >= 4 is 22.7 Å². The molecular formula is C19H20N2O2. The Bertz CT molecular complexity index is 855. The van der Waals surface area contributed by atoms with Gasteiger partial charge in [-0.1, -0.05) is 38.5 Å². The predicted octanol–water partition coefficient (Wildman–Crippen LogP) is 4.69. The van der Waals surface area contributed by atoms with Crippen LogP contribution in [0.25, 0.3) is 11.1 Å². The average molecular weight is 308 g/mol. The number of hydrogen-bond acceptors (Lipinski definition) is 3. The number of aromatic nitrogens is 1. The van der Waals surface area contributed by atoms with Gasteiger partial charge in [0.2, 0.25) is 5.71 Å². The maximum Gasteiger partial charge on any atom is 0.255 e. The Labute approximate surface area is 135 Å². The van der Waals surface area contributed by atoms with Crippen LogP contribution in [0.1, 0.15) is 42.3 Å². The molecule has 0 spiro atoms. The molecule has 1 aromatic carbocycles. The van der Waals surface area contributed by atoms with Crippen molar-refractivity contribution in [1.82, 2.24) is 4.98 Å². The Morgan fingerprint density at radius 1 is 1.17 bits per heavy atom. The molecule has 0 saturated heterocycles. The molecule has 4 heteroatoms. The number of nitrogens with zero attached hydrogens (tertiary/aromatic N) is 1. The summed E-state index contributed by atoms with van der Waals surface area (Å²) in [4.78, 5) is 16.6. The average Bonchev–Trinajstić information content (AvgIpc) is 2.91. The van der Waals surface area contributed by atoms with Crippen LogP contribution in [0.2, 0.25) is 0 Å². The summed E-state index contributed by atoms with van der Waals surface area (Å²) in [6, 6.07) is 9.39. The largest absolute Gasteiger partial charge is 0.446 e. The van der Waals surface area contributed by atoms with E-state index in [4.69, 9.17) is 4.42 Å². The third-order valence-electron chi connectivity index (χ3n) is 3.81. The minimum atomic E-state index is -0.146. The van der Waals surface area contributed by atoms with E-state index in [2.05, 4.69) is 31.1 Å². The van der Waals surface area contributed by atoms with Gasteiger partial charge < -0.3 is 9.73 Å². The lowest BCUT2D eigenvalue weighted by Gasteiger charge is -2.16. The fourth-order valence-electron chi connectivity index (χ4n) is 2.47. The number of aryl methyl sites for hydroxylation is 1. The Morgan fingerprint density at radius 3 is 2.52 bits per heavy atom. The summed E-state index contributed by atoms with van der Waals surface area (Å²) in [5, 5.41) is 3.82. The van der Waals surface area contributed by atoms with Gasteiger partial charge in [0.15, 0.2) is 0 Å². The minimum absolute atomic E-state index is 0.0491. The van der Waals surface area contributed by atoms with Gasteiger partial charge in [-0.3, -0.25) is 4.79 Å². The molecule has 0 aliphatic rings. The summed E-state index contributed by atoms with van der Waals surface area (Å²) in [5.74, 6) is -0.146. The molecule has 0 aliphatic carbocycles. The number of nitrogens with one attached hydrogen (secondary N) is 1. The van der Waals surface area contributed by atoms with Gasteiger partial charge in [0.25, 0.3) is 5.91 Å². The molecule has 0 saturated carbocycles. The lowest BCUT2D eigenvalue weighted by molar-refractivity contribution is 0.102. The highest BCUT2D eigenvalue weighted by Crippen LogP contribution is 2.32. The van der Waals surface area contributed by atoms with Crippen LogP contribution >= 0.6 is 0 Å². The van der Waals surface area contributed by atoms with Crippen molar-refractivity contribution in [3.8, 4) is 0 Å². The van der Waals surface area contributed by atoms with Crippen LogP contribution in [0.3, 0.4) is 0 Å². The molecule has 4 nitrogen and oxygen atoms in total. The topological polar surface area (TPSA) is 55.1 Å². The molecule has 3 aromatic rings. The van der Waals surface area contributed by atoms with Gasteiger partial charge in [0.05, 0.1) is 18.1 Å². The van der Waals surface area contributed by atoms with Gasteiger partial charge in [-0.25, -0.2) is 4.98 Å². The summed E-state index contributed by atoms with van der Waals surface area (Å²) >= 11 is 0. The lowest BCUT2D eigenvalue weighted by atomic mass is 9.87. The number of carbonyl (C=O) groups is 1. The van der Waals surface area contributed by atoms with E-state index in [1.54, 1.807) is 12.5 Å². The molecule has 2 heterocycles. The highest BCUT2D eigenvalue weighted by atomic mass is 16.3. The molecular weight excluding hydrogens is 288 g/mol. The number of furan rings is 1. The van der Waals surface area contributed by atoms with Gasteiger partial charge in [-0.05, 0) is 30.5 Å². The molecule has 118 valence electrons. The number of amides is 1. The summed E-state index contributed by atoms with van der Waals surface area (Å²) < 4.78 is 5.51. The van der Waals surface area contributed by atoms with E-state index < -0.39 is 0 Å². The number of rotatable bonds is 2. The third-order valence-corrected chi connectivity index (χ3v) is 3.81. The molecule has 0 aliphatic heterocycles. The maximum absolute atomic E-state index is 12.3. The van der Waals surface area contributed by atoms with E-state index >= 15 is 0 Å². The number of anilines is 1. The van der Waals surface area contributed by atoms with Gasteiger partial charge in [0, 0.05) is 16.5 Å². The van der Waals surface area contributed by atoms with E-state index in [1.165, 1.54) is 0 Å². The Hall–Kier alpha value is -2.62. The van der Waals surface area contributed by atoms with E-state index in [-0.39, 0.29) is 11.3 Å². The van der Waals surface area contributed by atoms with Gasteiger partial charge >= 0.3 is 0 Å². The molecule has 1 amide bonds. The van der Waals surface area contributed by atoms with Crippen LogP contribution in [-0.4, -0.2) is 10.9 Å². The third kappa shape index (κ3) is 3.11. The first-order chi connectivity index (χ1) is 10.8. The number of benzene rings is 1. The quantitative estimate of drug-likeness (QED) is 0.747. The van der Waals surface area contributed by atoms with Crippen LogP contribution in [-0.2, 0) is 5.41 Å². The second kappa shape index (κ2) is 5.54. The molecule has 23 heavy (non-hydrogen) atoms. The fraction of sp³-hybridized carbons (Fsp3) is 0.263. The number of carbonyl (C=O) groups excluding carboxylic acids is 1. The molecule has 0 unspecified atom stereocenters. The Balaban J connectivity index is 1.91. The predicted molar refractivity (Wildman–Crippen MR) is 91.8 cm³/mol. The monoisotopic (exact) mass is 308 g/mol. The van der Waals surface area contributed by atoms with Crippen LogP contribution in [0.5, 0.6) is 0 Å². The first-order valence-corrected chi connectivity index (χ1v) is 7.60. The summed E-state index contributed by atoms with van der Waals surface area (Å²) in [6.07, 6.45) is 3.35. The van der Waals surface area contributed by atoms with Crippen molar-refractivity contribution in [3.63, 3.8) is 0 Å². The van der Waals surface area contributed by atoms with E-state index in [0.29, 0.717) is 17.0 Å². The lowest BCUT2D eigenvalue weighted by Crippen LogP contribution is -2.12. The number of hydrogen-bond donors (Lipinski definition) is 1. The van der Waals surface area contributed by atoms with E-state index in [9.17, 15) is 4.79 Å². The number of pyridine rings is 1. The van der Waals surface area contributed by atoms with Crippen LogP contribution < -0.4 is 5.32 Å². The molecule has 0 atom stereocenters. The summed E-state index contributed by atoms with van der Waals surface area (Å²) in [7, 11) is 0. The van der Waals surface area contributed by atoms with Crippen molar-refractivity contribution in [2.75, 3.05) is 5.32 Å². The summed E-state index contributed by atoms with van der Waals surface area (Å²) in [6.45, 7) is 8.35. The first kappa shape index (κ1) is 15.3. The zero-order chi connectivity index (χ0) is 16.6. The molecule has 3 rings (SSSR count). The van der Waals surface area contributed by atoms with Gasteiger partial charge in [-0.2, -0.15) is 0 Å². The number of fused-ring (bicyclic) bond motifs is 1.